The van der Waals surface area contributed by atoms with E-state index in [-0.39, 0.29) is 5.92 Å². The molecule has 0 spiro atoms. The van der Waals surface area contributed by atoms with E-state index in [1.807, 2.05) is 31.2 Å². The normalized spacial score (nSPS) is 12.2. The lowest BCUT2D eigenvalue weighted by Crippen LogP contribution is -1.96. The van der Waals surface area contributed by atoms with Crippen molar-refractivity contribution in [1.82, 2.24) is 0 Å². The lowest BCUT2D eigenvalue weighted by atomic mass is 9.95. The predicted molar refractivity (Wildman–Crippen MR) is 78.1 cm³/mol. The summed E-state index contributed by atoms with van der Waals surface area (Å²) in [6.07, 6.45) is 5.68. The van der Waals surface area contributed by atoms with E-state index in [2.05, 4.69) is 36.3 Å². The van der Waals surface area contributed by atoms with Gasteiger partial charge in [0, 0.05) is 0 Å². The zero-order chi connectivity index (χ0) is 13.2. The third-order valence-electron chi connectivity index (χ3n) is 3.32. The van der Waals surface area contributed by atoms with Crippen molar-refractivity contribution in [2.24, 2.45) is 0 Å². The molecule has 1 atom stereocenters. The second kappa shape index (κ2) is 4.66. The summed E-state index contributed by atoms with van der Waals surface area (Å²) < 4.78 is 5.66. The van der Waals surface area contributed by atoms with Crippen LogP contribution in [-0.2, 0) is 0 Å². The van der Waals surface area contributed by atoms with Crippen molar-refractivity contribution < 1.29 is 4.42 Å². The van der Waals surface area contributed by atoms with Crippen LogP contribution in [0.5, 0.6) is 0 Å². The fraction of sp³-hybridized carbons (Fsp3) is 0.111. The van der Waals surface area contributed by atoms with E-state index >= 15 is 0 Å². The standard InChI is InChI=1S/C18H14O/c1-3-17(18-11-8-13(2)19-18)16-10-9-14-6-4-5-7-15(14)12-16/h1,4-12,17H,2H3. The molecule has 0 fully saturated rings. The minimum absolute atomic E-state index is 0.127. The molecule has 1 unspecified atom stereocenters. The minimum Gasteiger partial charge on any atom is -0.465 e. The maximum absolute atomic E-state index is 5.68. The van der Waals surface area contributed by atoms with Crippen LogP contribution in [0.15, 0.2) is 59.0 Å². The Morgan fingerprint density at radius 1 is 1.00 bits per heavy atom. The molecule has 0 saturated carbocycles. The summed E-state index contributed by atoms with van der Waals surface area (Å²) in [5.41, 5.74) is 1.09. The number of terminal acetylenes is 1. The summed E-state index contributed by atoms with van der Waals surface area (Å²) in [7, 11) is 0. The molecule has 1 heteroatoms. The van der Waals surface area contributed by atoms with E-state index in [4.69, 9.17) is 10.8 Å². The molecular weight excluding hydrogens is 232 g/mol. The fourth-order valence-electron chi connectivity index (χ4n) is 2.34. The second-order valence-electron chi connectivity index (χ2n) is 4.65. The molecule has 0 amide bonds. The highest BCUT2D eigenvalue weighted by molar-refractivity contribution is 5.83. The molecule has 1 nitrogen and oxygen atoms in total. The van der Waals surface area contributed by atoms with Crippen LogP contribution in [0.3, 0.4) is 0 Å². The fourth-order valence-corrected chi connectivity index (χ4v) is 2.34. The van der Waals surface area contributed by atoms with Gasteiger partial charge in [0.25, 0.3) is 0 Å². The van der Waals surface area contributed by atoms with Gasteiger partial charge in [0.1, 0.15) is 17.4 Å². The van der Waals surface area contributed by atoms with Crippen LogP contribution in [-0.4, -0.2) is 0 Å². The molecule has 0 radical (unpaired) electrons. The maximum atomic E-state index is 5.68. The molecule has 2 aromatic carbocycles. The van der Waals surface area contributed by atoms with Crippen LogP contribution in [0, 0.1) is 19.3 Å². The summed E-state index contributed by atoms with van der Waals surface area (Å²) in [5.74, 6) is 4.41. The molecule has 3 aromatic rings. The van der Waals surface area contributed by atoms with Gasteiger partial charge in [-0.25, -0.2) is 0 Å². The van der Waals surface area contributed by atoms with Gasteiger partial charge in [-0.15, -0.1) is 6.42 Å². The summed E-state index contributed by atoms with van der Waals surface area (Å²) >= 11 is 0. The molecule has 0 saturated heterocycles. The third kappa shape index (κ3) is 2.13. The van der Waals surface area contributed by atoms with E-state index in [9.17, 15) is 0 Å². The molecule has 19 heavy (non-hydrogen) atoms. The van der Waals surface area contributed by atoms with Crippen LogP contribution in [0.4, 0.5) is 0 Å². The Labute approximate surface area is 112 Å². The number of hydrogen-bond donors (Lipinski definition) is 0. The number of hydrogen-bond acceptors (Lipinski definition) is 1. The lowest BCUT2D eigenvalue weighted by Gasteiger charge is -2.09. The Balaban J connectivity index is 2.09. The maximum Gasteiger partial charge on any atom is 0.123 e. The van der Waals surface area contributed by atoms with Crippen LogP contribution >= 0.6 is 0 Å². The molecular formula is C18H14O. The number of aryl methyl sites for hydroxylation is 1. The first-order valence-electron chi connectivity index (χ1n) is 6.29. The molecule has 0 aliphatic heterocycles. The van der Waals surface area contributed by atoms with Gasteiger partial charge in [0.15, 0.2) is 0 Å². The first kappa shape index (κ1) is 11.6. The largest absolute Gasteiger partial charge is 0.465 e. The van der Waals surface area contributed by atoms with Crippen molar-refractivity contribution in [3.05, 3.63) is 71.7 Å². The molecule has 0 N–H and O–H groups in total. The summed E-state index contributed by atoms with van der Waals surface area (Å²) in [6, 6.07) is 18.5. The summed E-state index contributed by atoms with van der Waals surface area (Å²) in [6.45, 7) is 1.93. The van der Waals surface area contributed by atoms with Crippen LogP contribution < -0.4 is 0 Å². The van der Waals surface area contributed by atoms with E-state index in [0.717, 1.165) is 17.1 Å². The predicted octanol–water partition coefficient (Wildman–Crippen LogP) is 4.51. The Bertz CT molecular complexity index is 758. The topological polar surface area (TPSA) is 13.1 Å². The summed E-state index contributed by atoms with van der Waals surface area (Å²) in [5, 5.41) is 2.42. The van der Waals surface area contributed by atoms with Crippen LogP contribution in [0.1, 0.15) is 23.0 Å². The Morgan fingerprint density at radius 3 is 2.47 bits per heavy atom. The van der Waals surface area contributed by atoms with Crippen molar-refractivity contribution in [3.63, 3.8) is 0 Å². The molecule has 0 aliphatic carbocycles. The zero-order valence-electron chi connectivity index (χ0n) is 10.8. The number of fused-ring (bicyclic) bond motifs is 1. The van der Waals surface area contributed by atoms with Gasteiger partial charge in [0.2, 0.25) is 0 Å². The van der Waals surface area contributed by atoms with Gasteiger partial charge in [-0.1, -0.05) is 42.3 Å². The number of rotatable bonds is 2. The SMILES string of the molecule is C#CC(c1ccc2ccccc2c1)c1ccc(C)o1. The molecule has 0 bridgehead atoms. The smallest absolute Gasteiger partial charge is 0.123 e. The molecule has 1 aromatic heterocycles. The Hall–Kier alpha value is -2.46. The monoisotopic (exact) mass is 246 g/mol. The Kier molecular flexibility index (Phi) is 2.85. The van der Waals surface area contributed by atoms with Crippen molar-refractivity contribution in [2.75, 3.05) is 0 Å². The Morgan fingerprint density at radius 2 is 1.79 bits per heavy atom. The molecule has 3 rings (SSSR count). The highest BCUT2D eigenvalue weighted by Crippen LogP contribution is 2.28. The zero-order valence-corrected chi connectivity index (χ0v) is 10.8. The summed E-state index contributed by atoms with van der Waals surface area (Å²) in [4.78, 5) is 0. The van der Waals surface area contributed by atoms with Gasteiger partial charge < -0.3 is 4.42 Å². The highest BCUT2D eigenvalue weighted by Gasteiger charge is 2.15. The van der Waals surface area contributed by atoms with Crippen molar-refractivity contribution in [3.8, 4) is 12.3 Å². The van der Waals surface area contributed by atoms with E-state index in [1.165, 1.54) is 10.8 Å². The van der Waals surface area contributed by atoms with Gasteiger partial charge in [-0.3, -0.25) is 0 Å². The van der Waals surface area contributed by atoms with Crippen molar-refractivity contribution >= 4 is 10.8 Å². The van der Waals surface area contributed by atoms with E-state index in [1.54, 1.807) is 0 Å². The highest BCUT2D eigenvalue weighted by atomic mass is 16.3. The average molecular weight is 246 g/mol. The van der Waals surface area contributed by atoms with Crippen molar-refractivity contribution in [1.29, 1.82) is 0 Å². The van der Waals surface area contributed by atoms with Gasteiger partial charge in [0.05, 0.1) is 0 Å². The van der Waals surface area contributed by atoms with Crippen LogP contribution in [0.25, 0.3) is 10.8 Å². The molecule has 0 aliphatic rings. The quantitative estimate of drug-likeness (QED) is 0.606. The number of benzene rings is 2. The minimum atomic E-state index is -0.127. The van der Waals surface area contributed by atoms with E-state index in [0.29, 0.717) is 0 Å². The van der Waals surface area contributed by atoms with Crippen molar-refractivity contribution in [2.45, 2.75) is 12.8 Å². The van der Waals surface area contributed by atoms with Gasteiger partial charge >= 0.3 is 0 Å². The first-order valence-corrected chi connectivity index (χ1v) is 6.29. The lowest BCUT2D eigenvalue weighted by molar-refractivity contribution is 0.483. The van der Waals surface area contributed by atoms with E-state index < -0.39 is 0 Å². The average Bonchev–Trinajstić information content (AvgIpc) is 2.86. The van der Waals surface area contributed by atoms with Gasteiger partial charge in [-0.05, 0) is 41.5 Å². The third-order valence-corrected chi connectivity index (χ3v) is 3.32. The second-order valence-corrected chi connectivity index (χ2v) is 4.65. The first-order chi connectivity index (χ1) is 9.28. The number of furan rings is 1. The molecule has 92 valence electrons. The van der Waals surface area contributed by atoms with Gasteiger partial charge in [-0.2, -0.15) is 0 Å². The van der Waals surface area contributed by atoms with Crippen LogP contribution in [0.2, 0.25) is 0 Å². The molecule has 1 heterocycles.